The van der Waals surface area contributed by atoms with Gasteiger partial charge in [0.15, 0.2) is 0 Å². The third-order valence-corrected chi connectivity index (χ3v) is 4.44. The number of hydrogen-bond donors (Lipinski definition) is 2. The minimum atomic E-state index is -0.148. The lowest BCUT2D eigenvalue weighted by atomic mass is 9.98. The van der Waals surface area contributed by atoms with Crippen LogP contribution < -0.4 is 5.32 Å². The zero-order valence-electron chi connectivity index (χ0n) is 14.6. The molecule has 0 bridgehead atoms. The van der Waals surface area contributed by atoms with Crippen LogP contribution in [0.4, 0.5) is 0 Å². The van der Waals surface area contributed by atoms with Gasteiger partial charge in [-0.1, -0.05) is 62.7 Å². The van der Waals surface area contributed by atoms with Crippen molar-refractivity contribution in [1.29, 1.82) is 0 Å². The largest absolute Gasteiger partial charge is 0.342 e. The van der Waals surface area contributed by atoms with Crippen molar-refractivity contribution in [2.45, 2.75) is 26.3 Å². The Morgan fingerprint density at radius 1 is 1.16 bits per heavy atom. The molecule has 3 rings (SSSR count). The molecule has 0 aliphatic heterocycles. The van der Waals surface area contributed by atoms with Crippen LogP contribution in [0.3, 0.4) is 0 Å². The van der Waals surface area contributed by atoms with Crippen LogP contribution in [0.15, 0.2) is 60.7 Å². The van der Waals surface area contributed by atoms with Gasteiger partial charge < -0.3 is 10.3 Å². The molecule has 1 heterocycles. The van der Waals surface area contributed by atoms with Crippen LogP contribution in [0.1, 0.15) is 37.7 Å². The van der Waals surface area contributed by atoms with Gasteiger partial charge in [-0.25, -0.2) is 4.98 Å². The third-order valence-electron chi connectivity index (χ3n) is 4.44. The number of hydrogen-bond acceptors (Lipinski definition) is 2. The van der Waals surface area contributed by atoms with Crippen molar-refractivity contribution in [2.24, 2.45) is 5.92 Å². The van der Waals surface area contributed by atoms with Crippen molar-refractivity contribution in [1.82, 2.24) is 15.3 Å². The van der Waals surface area contributed by atoms with Gasteiger partial charge in [-0.2, -0.15) is 0 Å². The van der Waals surface area contributed by atoms with Crippen molar-refractivity contribution in [3.05, 3.63) is 72.1 Å². The minimum Gasteiger partial charge on any atom is -0.342 e. The van der Waals surface area contributed by atoms with Crippen LogP contribution in [0, 0.1) is 5.92 Å². The van der Waals surface area contributed by atoms with E-state index in [0.717, 1.165) is 28.8 Å². The number of aromatic nitrogens is 2. The van der Waals surface area contributed by atoms with E-state index in [2.05, 4.69) is 29.1 Å². The summed E-state index contributed by atoms with van der Waals surface area (Å²) in [5.41, 5.74) is 2.90. The number of imidazole rings is 1. The summed E-state index contributed by atoms with van der Waals surface area (Å²) < 4.78 is 0. The van der Waals surface area contributed by atoms with E-state index in [0.29, 0.717) is 0 Å². The van der Waals surface area contributed by atoms with Crippen molar-refractivity contribution in [3.63, 3.8) is 0 Å². The Balaban J connectivity index is 1.79. The van der Waals surface area contributed by atoms with E-state index >= 15 is 0 Å². The third kappa shape index (κ3) is 4.15. The molecule has 0 saturated heterocycles. The fraction of sp³-hybridized carbons (Fsp3) is 0.238. The Hall–Kier alpha value is -2.88. The summed E-state index contributed by atoms with van der Waals surface area (Å²) >= 11 is 0. The second-order valence-corrected chi connectivity index (χ2v) is 6.26. The molecule has 4 heteroatoms. The molecule has 1 aromatic heterocycles. The number of para-hydroxylation sites is 2. The number of fused-ring (bicyclic) bond motifs is 1. The summed E-state index contributed by atoms with van der Waals surface area (Å²) in [6.45, 7) is 4.24. The first-order valence-corrected chi connectivity index (χ1v) is 8.65. The fourth-order valence-electron chi connectivity index (χ4n) is 2.77. The number of benzene rings is 2. The second kappa shape index (κ2) is 7.79. The monoisotopic (exact) mass is 333 g/mol. The summed E-state index contributed by atoms with van der Waals surface area (Å²) in [4.78, 5) is 20.4. The summed E-state index contributed by atoms with van der Waals surface area (Å²) in [5.74, 6) is 0.959. The highest BCUT2D eigenvalue weighted by atomic mass is 16.1. The molecule has 2 unspecified atom stereocenters. The second-order valence-electron chi connectivity index (χ2n) is 6.26. The topological polar surface area (TPSA) is 57.8 Å². The fourth-order valence-corrected chi connectivity index (χ4v) is 2.77. The first-order chi connectivity index (χ1) is 12.2. The van der Waals surface area contributed by atoms with Crippen LogP contribution in [0.2, 0.25) is 0 Å². The number of nitrogens with zero attached hydrogens (tertiary/aromatic N) is 1. The van der Waals surface area contributed by atoms with Crippen LogP contribution >= 0.6 is 0 Å². The molecule has 4 nitrogen and oxygen atoms in total. The normalized spacial score (nSPS) is 13.8. The Kier molecular flexibility index (Phi) is 5.29. The zero-order chi connectivity index (χ0) is 17.6. The van der Waals surface area contributed by atoms with E-state index in [4.69, 9.17) is 0 Å². The predicted octanol–water partition coefficient (Wildman–Crippen LogP) is 4.48. The predicted molar refractivity (Wildman–Crippen MR) is 102 cm³/mol. The molecular weight excluding hydrogens is 310 g/mol. The van der Waals surface area contributed by atoms with Crippen molar-refractivity contribution >= 4 is 23.0 Å². The maximum Gasteiger partial charge on any atom is 0.244 e. The van der Waals surface area contributed by atoms with Gasteiger partial charge in [0.2, 0.25) is 5.91 Å². The van der Waals surface area contributed by atoms with E-state index in [1.54, 1.807) is 6.08 Å². The molecule has 0 radical (unpaired) electrons. The molecule has 3 aromatic rings. The molecule has 128 valence electrons. The van der Waals surface area contributed by atoms with Gasteiger partial charge in [-0.3, -0.25) is 4.79 Å². The Labute approximate surface area is 148 Å². The standard InChI is InChI=1S/C21H23N3O/c1-3-15(2)20(21-22-17-11-7-8-12-18(17)23-21)24-19(25)14-13-16-9-5-4-6-10-16/h4-15,20H,3H2,1-2H3,(H,22,23)(H,24,25)/b14-13+. The highest BCUT2D eigenvalue weighted by molar-refractivity contribution is 5.92. The molecule has 0 fully saturated rings. The Bertz CT molecular complexity index is 834. The van der Waals surface area contributed by atoms with Gasteiger partial charge in [0.25, 0.3) is 0 Å². The molecule has 2 aromatic carbocycles. The minimum absolute atomic E-state index is 0.116. The van der Waals surface area contributed by atoms with E-state index < -0.39 is 0 Å². The highest BCUT2D eigenvalue weighted by Gasteiger charge is 2.22. The lowest BCUT2D eigenvalue weighted by Crippen LogP contribution is -2.32. The van der Waals surface area contributed by atoms with Gasteiger partial charge in [0.1, 0.15) is 5.82 Å². The van der Waals surface area contributed by atoms with Gasteiger partial charge in [-0.15, -0.1) is 0 Å². The molecule has 0 spiro atoms. The van der Waals surface area contributed by atoms with Crippen LogP contribution in [-0.2, 0) is 4.79 Å². The van der Waals surface area contributed by atoms with Gasteiger partial charge in [-0.05, 0) is 29.7 Å². The molecule has 25 heavy (non-hydrogen) atoms. The number of aromatic amines is 1. The van der Waals surface area contributed by atoms with Gasteiger partial charge >= 0.3 is 0 Å². The Morgan fingerprint density at radius 2 is 1.88 bits per heavy atom. The van der Waals surface area contributed by atoms with E-state index in [1.807, 2.05) is 60.7 Å². The quantitative estimate of drug-likeness (QED) is 0.653. The lowest BCUT2D eigenvalue weighted by molar-refractivity contribution is -0.117. The van der Waals surface area contributed by atoms with Crippen molar-refractivity contribution < 1.29 is 4.79 Å². The SMILES string of the molecule is CCC(C)C(NC(=O)/C=C/c1ccccc1)c1nc2ccccc2[nH]1. The number of rotatable bonds is 6. The summed E-state index contributed by atoms with van der Waals surface area (Å²) in [5, 5.41) is 3.10. The number of carbonyl (C=O) groups excluding carboxylic acids is 1. The zero-order valence-corrected chi connectivity index (χ0v) is 14.6. The number of amides is 1. The smallest absolute Gasteiger partial charge is 0.244 e. The van der Waals surface area contributed by atoms with E-state index in [9.17, 15) is 4.79 Å². The van der Waals surface area contributed by atoms with Crippen LogP contribution in [0.5, 0.6) is 0 Å². The Morgan fingerprint density at radius 3 is 2.60 bits per heavy atom. The van der Waals surface area contributed by atoms with Gasteiger partial charge in [0.05, 0.1) is 17.1 Å². The average molecular weight is 333 g/mol. The average Bonchev–Trinajstić information content (AvgIpc) is 3.08. The number of nitrogens with one attached hydrogen (secondary N) is 2. The molecule has 2 N–H and O–H groups in total. The summed E-state index contributed by atoms with van der Waals surface area (Å²) in [6, 6.07) is 17.6. The summed E-state index contributed by atoms with van der Waals surface area (Å²) in [6.07, 6.45) is 4.35. The van der Waals surface area contributed by atoms with Crippen molar-refractivity contribution in [3.8, 4) is 0 Å². The van der Waals surface area contributed by atoms with Gasteiger partial charge in [0, 0.05) is 6.08 Å². The molecule has 1 amide bonds. The molecule has 0 saturated carbocycles. The molecule has 0 aliphatic carbocycles. The highest BCUT2D eigenvalue weighted by Crippen LogP contribution is 2.24. The number of carbonyl (C=O) groups is 1. The maximum absolute atomic E-state index is 12.4. The maximum atomic E-state index is 12.4. The molecule has 0 aliphatic rings. The lowest BCUT2D eigenvalue weighted by Gasteiger charge is -2.21. The van der Waals surface area contributed by atoms with Crippen molar-refractivity contribution in [2.75, 3.05) is 0 Å². The van der Waals surface area contributed by atoms with E-state index in [1.165, 1.54) is 0 Å². The molecule has 2 atom stereocenters. The van der Waals surface area contributed by atoms with Crippen LogP contribution in [0.25, 0.3) is 17.1 Å². The van der Waals surface area contributed by atoms with Crippen LogP contribution in [-0.4, -0.2) is 15.9 Å². The molecular formula is C21H23N3O. The number of H-pyrrole nitrogens is 1. The first-order valence-electron chi connectivity index (χ1n) is 8.65. The summed E-state index contributed by atoms with van der Waals surface area (Å²) in [7, 11) is 0. The first kappa shape index (κ1) is 17.0. The van der Waals surface area contributed by atoms with E-state index in [-0.39, 0.29) is 17.9 Å².